The van der Waals surface area contributed by atoms with Crippen LogP contribution in [0.15, 0.2) is 67.3 Å². The van der Waals surface area contributed by atoms with Crippen molar-refractivity contribution in [2.45, 2.75) is 32.5 Å². The van der Waals surface area contributed by atoms with Crippen molar-refractivity contribution in [2.24, 2.45) is 5.92 Å². The number of nitrogens with zero attached hydrogens (tertiary/aromatic N) is 4. The SMILES string of the molecule is C[C@H]1CN([C@@H](C)CO)C(=O)c2cc(NC(=O)c3ccncc3)ccc2O[C@H]1CN(C)Cc1ccncc1. The van der Waals surface area contributed by atoms with Crippen molar-refractivity contribution in [3.05, 3.63) is 83.9 Å². The molecule has 37 heavy (non-hydrogen) atoms. The molecule has 9 nitrogen and oxygen atoms in total. The zero-order chi connectivity index (χ0) is 26.4. The summed E-state index contributed by atoms with van der Waals surface area (Å²) in [6, 6.07) is 11.9. The third-order valence-corrected chi connectivity index (χ3v) is 6.56. The molecule has 3 atom stereocenters. The second kappa shape index (κ2) is 11.9. The second-order valence-electron chi connectivity index (χ2n) is 9.58. The van der Waals surface area contributed by atoms with Crippen LogP contribution in [0.4, 0.5) is 5.69 Å². The first kappa shape index (κ1) is 26.2. The number of aromatic nitrogens is 2. The molecule has 0 fully saturated rings. The molecular weight excluding hydrogens is 470 g/mol. The summed E-state index contributed by atoms with van der Waals surface area (Å²) < 4.78 is 6.45. The van der Waals surface area contributed by atoms with Crippen LogP contribution in [0.5, 0.6) is 5.75 Å². The molecular formula is C28H33N5O4. The summed E-state index contributed by atoms with van der Waals surface area (Å²) in [6.07, 6.45) is 6.45. The third kappa shape index (κ3) is 6.49. The first-order valence-corrected chi connectivity index (χ1v) is 12.4. The van der Waals surface area contributed by atoms with Gasteiger partial charge in [-0.15, -0.1) is 0 Å². The summed E-state index contributed by atoms with van der Waals surface area (Å²) >= 11 is 0. The number of ether oxygens (including phenoxy) is 1. The minimum absolute atomic E-state index is 0.0112. The van der Waals surface area contributed by atoms with E-state index in [0.717, 1.165) is 12.1 Å². The molecule has 2 N–H and O–H groups in total. The molecule has 3 aromatic rings. The number of benzene rings is 1. The minimum atomic E-state index is -0.369. The number of aliphatic hydroxyl groups is 1. The van der Waals surface area contributed by atoms with E-state index in [1.54, 1.807) is 60.0 Å². The fraction of sp³-hybridized carbons (Fsp3) is 0.357. The Hall–Kier alpha value is -3.82. The number of carbonyl (C=O) groups excluding carboxylic acids is 2. The Balaban J connectivity index is 1.60. The summed E-state index contributed by atoms with van der Waals surface area (Å²) in [7, 11) is 2.03. The van der Waals surface area contributed by atoms with Gasteiger partial charge in [0.1, 0.15) is 11.9 Å². The average Bonchev–Trinajstić information content (AvgIpc) is 2.91. The van der Waals surface area contributed by atoms with E-state index in [4.69, 9.17) is 4.74 Å². The van der Waals surface area contributed by atoms with Crippen LogP contribution in [0.25, 0.3) is 0 Å². The van der Waals surface area contributed by atoms with Gasteiger partial charge in [0.25, 0.3) is 11.8 Å². The summed E-state index contributed by atoms with van der Waals surface area (Å²) in [6.45, 7) is 5.54. The highest BCUT2D eigenvalue weighted by Crippen LogP contribution is 2.31. The quantitative estimate of drug-likeness (QED) is 0.486. The van der Waals surface area contributed by atoms with Crippen molar-refractivity contribution >= 4 is 17.5 Å². The molecule has 3 heterocycles. The molecule has 1 aliphatic rings. The van der Waals surface area contributed by atoms with Gasteiger partial charge in [-0.1, -0.05) is 6.92 Å². The van der Waals surface area contributed by atoms with Gasteiger partial charge in [-0.2, -0.15) is 0 Å². The molecule has 1 aliphatic heterocycles. The van der Waals surface area contributed by atoms with Crippen LogP contribution in [0.1, 0.15) is 40.1 Å². The number of nitrogens with one attached hydrogen (secondary N) is 1. The Morgan fingerprint density at radius 2 is 1.84 bits per heavy atom. The monoisotopic (exact) mass is 503 g/mol. The van der Waals surface area contributed by atoms with Crippen molar-refractivity contribution in [2.75, 3.05) is 32.1 Å². The summed E-state index contributed by atoms with van der Waals surface area (Å²) in [5, 5.41) is 12.7. The van der Waals surface area contributed by atoms with Gasteiger partial charge in [0.05, 0.1) is 18.2 Å². The number of rotatable bonds is 8. The third-order valence-electron chi connectivity index (χ3n) is 6.56. The fourth-order valence-corrected chi connectivity index (χ4v) is 4.40. The molecule has 2 amide bonds. The fourth-order valence-electron chi connectivity index (χ4n) is 4.40. The van der Waals surface area contributed by atoms with E-state index in [0.29, 0.717) is 35.7 Å². The van der Waals surface area contributed by atoms with Crippen molar-refractivity contribution < 1.29 is 19.4 Å². The lowest BCUT2D eigenvalue weighted by Gasteiger charge is -2.38. The van der Waals surface area contributed by atoms with Crippen molar-refractivity contribution in [3.8, 4) is 5.75 Å². The molecule has 0 spiro atoms. The lowest BCUT2D eigenvalue weighted by atomic mass is 9.99. The molecule has 0 aliphatic carbocycles. The number of amides is 2. The highest BCUT2D eigenvalue weighted by molar-refractivity contribution is 6.05. The van der Waals surface area contributed by atoms with Gasteiger partial charge < -0.3 is 20.1 Å². The van der Waals surface area contributed by atoms with Gasteiger partial charge in [-0.05, 0) is 62.0 Å². The molecule has 2 aromatic heterocycles. The number of likely N-dealkylation sites (N-methyl/N-ethyl adjacent to an activating group) is 1. The molecule has 0 radical (unpaired) electrons. The molecule has 0 unspecified atom stereocenters. The molecule has 4 rings (SSSR count). The standard InChI is InChI=1S/C28H33N5O4/c1-19-15-33(20(2)18-34)28(36)24-14-23(31-27(35)22-8-12-30-13-9-22)4-5-25(24)37-26(19)17-32(3)16-21-6-10-29-11-7-21/h4-14,19-20,26,34H,15-18H2,1-3H3,(H,31,35)/t19-,20-,26-/m0/s1. The van der Waals surface area contributed by atoms with E-state index in [1.807, 2.05) is 26.1 Å². The van der Waals surface area contributed by atoms with E-state index >= 15 is 0 Å². The van der Waals surface area contributed by atoms with Crippen molar-refractivity contribution in [1.29, 1.82) is 0 Å². The van der Waals surface area contributed by atoms with E-state index in [9.17, 15) is 14.7 Å². The second-order valence-corrected chi connectivity index (χ2v) is 9.58. The Morgan fingerprint density at radius 3 is 2.51 bits per heavy atom. The smallest absolute Gasteiger partial charge is 0.258 e. The van der Waals surface area contributed by atoms with Crippen molar-refractivity contribution in [3.63, 3.8) is 0 Å². The lowest BCUT2D eigenvalue weighted by molar-refractivity contribution is 0.0341. The number of fused-ring (bicyclic) bond motifs is 1. The predicted molar refractivity (Wildman–Crippen MR) is 140 cm³/mol. The topological polar surface area (TPSA) is 108 Å². The molecule has 1 aromatic carbocycles. The van der Waals surface area contributed by atoms with Crippen LogP contribution in [0.2, 0.25) is 0 Å². The van der Waals surface area contributed by atoms with Crippen LogP contribution in [0, 0.1) is 5.92 Å². The van der Waals surface area contributed by atoms with Crippen LogP contribution >= 0.6 is 0 Å². The number of pyridine rings is 2. The summed E-state index contributed by atoms with van der Waals surface area (Å²) in [5.74, 6) is -0.0775. The zero-order valence-corrected chi connectivity index (χ0v) is 21.4. The minimum Gasteiger partial charge on any atom is -0.488 e. The Kier molecular flexibility index (Phi) is 8.47. The molecule has 194 valence electrons. The predicted octanol–water partition coefficient (Wildman–Crippen LogP) is 3.08. The average molecular weight is 504 g/mol. The van der Waals surface area contributed by atoms with E-state index in [-0.39, 0.29) is 36.5 Å². The Labute approximate surface area is 217 Å². The number of carbonyl (C=O) groups is 2. The van der Waals surface area contributed by atoms with Gasteiger partial charge in [-0.25, -0.2) is 0 Å². The summed E-state index contributed by atoms with van der Waals surface area (Å²) in [5.41, 5.74) is 2.44. The molecule has 0 saturated carbocycles. The maximum absolute atomic E-state index is 13.6. The number of hydrogen-bond donors (Lipinski definition) is 2. The van der Waals surface area contributed by atoms with Crippen LogP contribution in [-0.2, 0) is 6.54 Å². The lowest BCUT2D eigenvalue weighted by Crippen LogP contribution is -2.49. The highest BCUT2D eigenvalue weighted by atomic mass is 16.5. The van der Waals surface area contributed by atoms with Gasteiger partial charge in [-0.3, -0.25) is 24.5 Å². The maximum atomic E-state index is 13.6. The van der Waals surface area contributed by atoms with Gasteiger partial charge in [0.15, 0.2) is 0 Å². The first-order valence-electron chi connectivity index (χ1n) is 12.4. The summed E-state index contributed by atoms with van der Waals surface area (Å²) in [4.78, 5) is 38.2. The largest absolute Gasteiger partial charge is 0.488 e. The zero-order valence-electron chi connectivity index (χ0n) is 21.4. The maximum Gasteiger partial charge on any atom is 0.258 e. The number of aliphatic hydroxyl groups excluding tert-OH is 1. The van der Waals surface area contributed by atoms with Crippen molar-refractivity contribution in [1.82, 2.24) is 19.8 Å². The Bertz CT molecular complexity index is 1210. The molecule has 9 heteroatoms. The molecule has 0 bridgehead atoms. The number of hydrogen-bond acceptors (Lipinski definition) is 7. The normalized spacial score (nSPS) is 18.4. The van der Waals surface area contributed by atoms with Gasteiger partial charge >= 0.3 is 0 Å². The van der Waals surface area contributed by atoms with E-state index in [1.165, 1.54) is 0 Å². The van der Waals surface area contributed by atoms with E-state index in [2.05, 4.69) is 27.1 Å². The van der Waals surface area contributed by atoms with Crippen LogP contribution < -0.4 is 10.1 Å². The van der Waals surface area contributed by atoms with E-state index < -0.39 is 0 Å². The Morgan fingerprint density at radius 1 is 1.16 bits per heavy atom. The first-order chi connectivity index (χ1) is 17.9. The highest BCUT2D eigenvalue weighted by Gasteiger charge is 2.33. The van der Waals surface area contributed by atoms with Crippen LogP contribution in [-0.4, -0.2) is 75.6 Å². The van der Waals surface area contributed by atoms with Crippen LogP contribution in [0.3, 0.4) is 0 Å². The molecule has 0 saturated heterocycles. The number of anilines is 1. The van der Waals surface area contributed by atoms with Gasteiger partial charge in [0, 0.05) is 61.6 Å². The van der Waals surface area contributed by atoms with Gasteiger partial charge in [0.2, 0.25) is 0 Å².